The molecular weight excluding hydrogens is 777 g/mol. The van der Waals surface area contributed by atoms with Crippen LogP contribution >= 0.6 is 0 Å². The number of H-pyrrole nitrogens is 2. The first-order chi connectivity index (χ1) is 29.6. The van der Waals surface area contributed by atoms with E-state index >= 15 is 0 Å². The monoisotopic (exact) mass is 832 g/mol. The molecule has 5 aliphatic rings. The Kier molecular flexibility index (Phi) is 11.3. The van der Waals surface area contributed by atoms with Crippen molar-refractivity contribution in [1.29, 1.82) is 0 Å². The molecular formula is C46H56N8O7. The van der Waals surface area contributed by atoms with Gasteiger partial charge in [-0.05, 0) is 121 Å². The molecule has 5 heterocycles. The summed E-state index contributed by atoms with van der Waals surface area (Å²) in [6.07, 6.45) is 10.3. The van der Waals surface area contributed by atoms with Gasteiger partial charge in [-0.25, -0.2) is 19.6 Å². The molecule has 15 nitrogen and oxygen atoms in total. The number of methoxy groups -OCH3 is 2. The summed E-state index contributed by atoms with van der Waals surface area (Å²) in [6.45, 7) is 5.60. The first kappa shape index (κ1) is 40.7. The third kappa shape index (κ3) is 7.77. The maximum Gasteiger partial charge on any atom is 0.407 e. The van der Waals surface area contributed by atoms with Crippen molar-refractivity contribution in [3.8, 4) is 33.6 Å². The molecule has 2 aromatic heterocycles. The normalized spacial score (nSPS) is 23.0. The quantitative estimate of drug-likeness (QED) is 0.139. The van der Waals surface area contributed by atoms with E-state index in [0.29, 0.717) is 38.5 Å². The van der Waals surface area contributed by atoms with Crippen LogP contribution in [-0.2, 0) is 36.6 Å². The van der Waals surface area contributed by atoms with E-state index in [1.807, 2.05) is 36.0 Å². The highest BCUT2D eigenvalue weighted by atomic mass is 16.5. The van der Waals surface area contributed by atoms with Crippen molar-refractivity contribution in [2.45, 2.75) is 102 Å². The second-order valence-electron chi connectivity index (χ2n) is 17.6. The Morgan fingerprint density at radius 2 is 1.41 bits per heavy atom. The number of benzene rings is 2. The Morgan fingerprint density at radius 3 is 2.05 bits per heavy atom. The summed E-state index contributed by atoms with van der Waals surface area (Å²) in [7, 11) is 2.63. The van der Waals surface area contributed by atoms with Crippen molar-refractivity contribution >= 4 is 24.0 Å². The van der Waals surface area contributed by atoms with Crippen LogP contribution in [0.2, 0.25) is 0 Å². The minimum Gasteiger partial charge on any atom is -0.453 e. The number of imidazole rings is 2. The zero-order chi connectivity index (χ0) is 42.4. The third-order valence-corrected chi connectivity index (χ3v) is 13.8. The molecule has 4 aromatic rings. The number of nitrogens with one attached hydrogen (secondary N) is 4. The molecule has 2 aromatic carbocycles. The van der Waals surface area contributed by atoms with Gasteiger partial charge in [0.1, 0.15) is 23.7 Å². The van der Waals surface area contributed by atoms with Crippen molar-refractivity contribution in [3.63, 3.8) is 0 Å². The summed E-state index contributed by atoms with van der Waals surface area (Å²) >= 11 is 0. The molecule has 4 N–H and O–H groups in total. The number of aromatic nitrogens is 4. The minimum atomic E-state index is -0.681. The number of likely N-dealkylation sites (tertiary alicyclic amines) is 2. The fourth-order valence-corrected chi connectivity index (χ4v) is 10.6. The van der Waals surface area contributed by atoms with Crippen LogP contribution in [0.15, 0.2) is 48.8 Å². The molecule has 4 amide bonds. The number of hydrogen-bond donors (Lipinski definition) is 4. The van der Waals surface area contributed by atoms with Crippen molar-refractivity contribution < 1.29 is 33.4 Å². The SMILES string of the molecule is COC(=O)NC(C(=O)N1CCC[C@H]1c1ncc(-c2ccc3c(c2)CCc2cc(-c4cnc([C@@H]5[C@H]6CC[C@H](C6)N5C(=O)[C@@H](NC(=O)OC)C(C)C)[nH]4)ccc2-3)[nH]1)C1CCOCC1. The van der Waals surface area contributed by atoms with E-state index in [9.17, 15) is 19.2 Å². The van der Waals surface area contributed by atoms with Gasteiger partial charge in [0.05, 0.1) is 50.1 Å². The van der Waals surface area contributed by atoms with Crippen LogP contribution in [-0.4, -0.2) is 106 Å². The van der Waals surface area contributed by atoms with Gasteiger partial charge in [0.25, 0.3) is 0 Å². The fourth-order valence-electron chi connectivity index (χ4n) is 10.6. The maximum atomic E-state index is 14.0. The molecule has 2 aliphatic carbocycles. The number of aryl methyl sites for hydroxylation is 2. The number of piperidine rings is 1. The van der Waals surface area contributed by atoms with Gasteiger partial charge in [-0.3, -0.25) is 9.59 Å². The van der Waals surface area contributed by atoms with E-state index in [1.165, 1.54) is 36.5 Å². The number of carbonyl (C=O) groups excluding carboxylic acids is 4. The summed E-state index contributed by atoms with van der Waals surface area (Å²) in [4.78, 5) is 73.2. The topological polar surface area (TPSA) is 184 Å². The van der Waals surface area contributed by atoms with Crippen LogP contribution in [0.4, 0.5) is 9.59 Å². The fraction of sp³-hybridized carbons (Fsp3) is 0.522. The van der Waals surface area contributed by atoms with Crippen LogP contribution < -0.4 is 10.6 Å². The van der Waals surface area contributed by atoms with E-state index in [2.05, 4.69) is 57.0 Å². The highest BCUT2D eigenvalue weighted by molar-refractivity contribution is 5.88. The Balaban J connectivity index is 0.904. The summed E-state index contributed by atoms with van der Waals surface area (Å²) in [5.74, 6) is 1.54. The largest absolute Gasteiger partial charge is 0.453 e. The van der Waals surface area contributed by atoms with Crippen molar-refractivity contribution in [3.05, 3.63) is 71.6 Å². The molecule has 322 valence electrons. The first-order valence-corrected chi connectivity index (χ1v) is 21.9. The predicted octanol–water partition coefficient (Wildman–Crippen LogP) is 6.48. The van der Waals surface area contributed by atoms with Gasteiger partial charge in [0.15, 0.2) is 0 Å². The highest BCUT2D eigenvalue weighted by Crippen LogP contribution is 2.50. The summed E-state index contributed by atoms with van der Waals surface area (Å²) < 4.78 is 15.3. The van der Waals surface area contributed by atoms with Gasteiger partial charge in [0.2, 0.25) is 11.8 Å². The lowest BCUT2D eigenvalue weighted by atomic mass is 9.83. The molecule has 3 saturated heterocycles. The second kappa shape index (κ2) is 17.0. The molecule has 3 aliphatic heterocycles. The minimum absolute atomic E-state index is 0.0242. The van der Waals surface area contributed by atoms with Crippen LogP contribution in [0.3, 0.4) is 0 Å². The number of rotatable bonds is 10. The molecule has 61 heavy (non-hydrogen) atoms. The Hall–Kier alpha value is -5.70. The lowest BCUT2D eigenvalue weighted by molar-refractivity contribution is -0.139. The zero-order valence-corrected chi connectivity index (χ0v) is 35.4. The number of hydrogen-bond acceptors (Lipinski definition) is 9. The maximum absolute atomic E-state index is 14.0. The van der Waals surface area contributed by atoms with Crippen LogP contribution in [0, 0.1) is 17.8 Å². The summed E-state index contributed by atoms with van der Waals surface area (Å²) in [6, 6.07) is 11.5. The second-order valence-corrected chi connectivity index (χ2v) is 17.6. The average molecular weight is 833 g/mol. The van der Waals surface area contributed by atoms with E-state index in [4.69, 9.17) is 24.2 Å². The number of ether oxygens (including phenoxy) is 3. The van der Waals surface area contributed by atoms with Crippen molar-refractivity contribution in [2.24, 2.45) is 17.8 Å². The van der Waals surface area contributed by atoms with E-state index < -0.39 is 24.3 Å². The van der Waals surface area contributed by atoms with Crippen LogP contribution in [0.1, 0.15) is 93.7 Å². The van der Waals surface area contributed by atoms with Gasteiger partial charge in [-0.2, -0.15) is 0 Å². The van der Waals surface area contributed by atoms with Crippen LogP contribution in [0.5, 0.6) is 0 Å². The number of aromatic amines is 2. The molecule has 2 bridgehead atoms. The summed E-state index contributed by atoms with van der Waals surface area (Å²) in [5, 5.41) is 5.60. The molecule has 1 unspecified atom stereocenters. The molecule has 9 rings (SSSR count). The number of alkyl carbamates (subject to hydrolysis) is 2. The third-order valence-electron chi connectivity index (χ3n) is 13.8. The molecule has 0 radical (unpaired) electrons. The van der Waals surface area contributed by atoms with E-state index in [0.717, 1.165) is 79.1 Å². The lowest BCUT2D eigenvalue weighted by Gasteiger charge is -2.37. The van der Waals surface area contributed by atoms with E-state index in [-0.39, 0.29) is 41.8 Å². The molecule has 0 spiro atoms. The molecule has 6 atom stereocenters. The van der Waals surface area contributed by atoms with Crippen molar-refractivity contribution in [2.75, 3.05) is 34.0 Å². The summed E-state index contributed by atoms with van der Waals surface area (Å²) in [5.41, 5.74) is 8.87. The van der Waals surface area contributed by atoms with Gasteiger partial charge >= 0.3 is 12.2 Å². The van der Waals surface area contributed by atoms with Gasteiger partial charge in [0, 0.05) is 25.8 Å². The highest BCUT2D eigenvalue weighted by Gasteiger charge is 2.51. The molecule has 1 saturated carbocycles. The number of carbonyl (C=O) groups is 4. The smallest absolute Gasteiger partial charge is 0.407 e. The Morgan fingerprint density at radius 1 is 0.787 bits per heavy atom. The number of fused-ring (bicyclic) bond motifs is 5. The van der Waals surface area contributed by atoms with Crippen molar-refractivity contribution in [1.82, 2.24) is 40.4 Å². The van der Waals surface area contributed by atoms with Gasteiger partial charge in [-0.15, -0.1) is 0 Å². The zero-order valence-electron chi connectivity index (χ0n) is 35.4. The van der Waals surface area contributed by atoms with Crippen LogP contribution in [0.25, 0.3) is 33.6 Å². The Labute approximate surface area is 355 Å². The number of amides is 4. The van der Waals surface area contributed by atoms with E-state index in [1.54, 1.807) is 0 Å². The van der Waals surface area contributed by atoms with Gasteiger partial charge < -0.3 is 44.6 Å². The number of nitrogens with zero attached hydrogens (tertiary/aromatic N) is 4. The predicted molar refractivity (Wildman–Crippen MR) is 226 cm³/mol. The lowest BCUT2D eigenvalue weighted by Crippen LogP contribution is -2.54. The Bertz CT molecular complexity index is 2300. The first-order valence-electron chi connectivity index (χ1n) is 21.9. The average Bonchev–Trinajstić information content (AvgIpc) is 4.15. The standard InChI is InChI=1S/C46H56N8O7/c1-25(2)38(51-45(57)59-3)44(56)54-32-12-9-31(22-32)40(54)42-48-24-36(50-42)30-11-14-34-28(21-30)8-7-27-20-29(10-13-33(27)34)35-23-47-41(49-35)37-6-5-17-53(37)43(55)39(52-46(58)60-4)26-15-18-61-19-16-26/h10-11,13-14,20-21,23-26,31-32,37-40H,5-9,12,15-19,22H2,1-4H3,(H,47,49)(H,48,50)(H,51,57)(H,52,58)/t31-,32+,37-,38-,39?,40-/m0/s1. The molecule has 4 fully saturated rings. The van der Waals surface area contributed by atoms with Gasteiger partial charge in [-0.1, -0.05) is 38.1 Å². The molecule has 15 heteroatoms.